The van der Waals surface area contributed by atoms with Crippen LogP contribution in [-0.2, 0) is 10.0 Å². The molecule has 0 radical (unpaired) electrons. The zero-order valence-electron chi connectivity index (χ0n) is 13.0. The Morgan fingerprint density at radius 2 is 2.00 bits per heavy atom. The van der Waals surface area contributed by atoms with Crippen LogP contribution in [0.3, 0.4) is 0 Å². The highest BCUT2D eigenvalue weighted by atomic mass is 32.2. The largest absolute Gasteiger partial charge is 0.309 e. The van der Waals surface area contributed by atoms with E-state index in [1.165, 1.54) is 10.6 Å². The topological polar surface area (TPSA) is 101 Å². The van der Waals surface area contributed by atoms with Crippen LogP contribution in [0.2, 0.25) is 0 Å². The van der Waals surface area contributed by atoms with Crippen LogP contribution in [0.15, 0.2) is 24.5 Å². The van der Waals surface area contributed by atoms with E-state index < -0.39 is 10.0 Å². The molecule has 1 aliphatic heterocycles. The average Bonchev–Trinajstić information content (AvgIpc) is 2.97. The van der Waals surface area contributed by atoms with Crippen molar-refractivity contribution < 1.29 is 8.42 Å². The summed E-state index contributed by atoms with van der Waals surface area (Å²) in [6, 6.07) is 3.24. The number of anilines is 2. The lowest BCUT2D eigenvalue weighted by molar-refractivity contribution is 0.393. The Morgan fingerprint density at radius 3 is 2.70 bits per heavy atom. The predicted molar refractivity (Wildman–Crippen MR) is 85.6 cm³/mol. The molecule has 9 heteroatoms. The van der Waals surface area contributed by atoms with Gasteiger partial charge in [-0.3, -0.25) is 0 Å². The number of hydrogen-bond acceptors (Lipinski definition) is 7. The fraction of sp³-hybridized carbons (Fsp3) is 0.429. The van der Waals surface area contributed by atoms with Crippen molar-refractivity contribution in [3.63, 3.8) is 0 Å². The molecule has 0 unspecified atom stereocenters. The van der Waals surface area contributed by atoms with Crippen molar-refractivity contribution in [2.45, 2.75) is 25.8 Å². The molecule has 0 bridgehead atoms. The van der Waals surface area contributed by atoms with Gasteiger partial charge < -0.3 is 5.32 Å². The predicted octanol–water partition coefficient (Wildman–Crippen LogP) is 1.42. The average molecular weight is 334 g/mol. The van der Waals surface area contributed by atoms with Gasteiger partial charge in [-0.1, -0.05) is 0 Å². The number of aryl methyl sites for hydroxylation is 1. The SMILES string of the molecule is Cc1nc(Nc2ncccn2)cc([C@H]2CCCN2S(C)(=O)=O)n1. The molecular formula is C14H18N6O2S. The van der Waals surface area contributed by atoms with Crippen LogP contribution < -0.4 is 5.32 Å². The van der Waals surface area contributed by atoms with Crippen molar-refractivity contribution in [1.82, 2.24) is 24.2 Å². The first-order valence-corrected chi connectivity index (χ1v) is 9.15. The molecule has 0 spiro atoms. The maximum atomic E-state index is 11.9. The smallest absolute Gasteiger partial charge is 0.228 e. The summed E-state index contributed by atoms with van der Waals surface area (Å²) in [5.41, 5.74) is 0.693. The maximum absolute atomic E-state index is 11.9. The molecule has 1 saturated heterocycles. The van der Waals surface area contributed by atoms with Gasteiger partial charge in [0.1, 0.15) is 11.6 Å². The molecule has 2 aromatic rings. The molecule has 0 aromatic carbocycles. The third kappa shape index (κ3) is 3.62. The molecular weight excluding hydrogens is 316 g/mol. The second-order valence-corrected chi connectivity index (χ2v) is 7.39. The molecule has 1 fully saturated rings. The van der Waals surface area contributed by atoms with Crippen LogP contribution in [0, 0.1) is 6.92 Å². The summed E-state index contributed by atoms with van der Waals surface area (Å²) in [7, 11) is -3.26. The highest BCUT2D eigenvalue weighted by Gasteiger charge is 2.33. The van der Waals surface area contributed by atoms with Crippen molar-refractivity contribution in [2.75, 3.05) is 18.1 Å². The summed E-state index contributed by atoms with van der Waals surface area (Å²) in [6.45, 7) is 2.30. The van der Waals surface area contributed by atoms with Gasteiger partial charge in [0, 0.05) is 25.0 Å². The zero-order valence-corrected chi connectivity index (χ0v) is 13.8. The maximum Gasteiger partial charge on any atom is 0.228 e. The van der Waals surface area contributed by atoms with Crippen LogP contribution in [0.4, 0.5) is 11.8 Å². The Balaban J connectivity index is 1.91. The molecule has 8 nitrogen and oxygen atoms in total. The van der Waals surface area contributed by atoms with Gasteiger partial charge in [0.2, 0.25) is 16.0 Å². The minimum atomic E-state index is -3.26. The fourth-order valence-corrected chi connectivity index (χ4v) is 3.87. The second-order valence-electron chi connectivity index (χ2n) is 5.45. The summed E-state index contributed by atoms with van der Waals surface area (Å²) in [5, 5.41) is 3.02. The quantitative estimate of drug-likeness (QED) is 0.902. The highest BCUT2D eigenvalue weighted by Crippen LogP contribution is 2.33. The first kappa shape index (κ1) is 15.8. The van der Waals surface area contributed by atoms with E-state index in [9.17, 15) is 8.42 Å². The van der Waals surface area contributed by atoms with Crippen molar-refractivity contribution in [1.29, 1.82) is 0 Å². The van der Waals surface area contributed by atoms with Crippen molar-refractivity contribution in [2.24, 2.45) is 0 Å². The molecule has 1 aliphatic rings. The molecule has 0 aliphatic carbocycles. The number of sulfonamides is 1. The third-order valence-electron chi connectivity index (χ3n) is 3.63. The summed E-state index contributed by atoms with van der Waals surface area (Å²) in [4.78, 5) is 16.9. The molecule has 0 amide bonds. The van der Waals surface area contributed by atoms with Gasteiger partial charge in [-0.05, 0) is 25.8 Å². The van der Waals surface area contributed by atoms with E-state index in [1.54, 1.807) is 31.5 Å². The lowest BCUT2D eigenvalue weighted by Crippen LogP contribution is -2.30. The minimum Gasteiger partial charge on any atom is -0.309 e. The van der Waals surface area contributed by atoms with Crippen LogP contribution in [0.1, 0.15) is 30.4 Å². The van der Waals surface area contributed by atoms with E-state index in [4.69, 9.17) is 0 Å². The normalized spacial score (nSPS) is 19.0. The van der Waals surface area contributed by atoms with E-state index in [0.29, 0.717) is 29.8 Å². The molecule has 1 atom stereocenters. The number of nitrogens with zero attached hydrogens (tertiary/aromatic N) is 5. The lowest BCUT2D eigenvalue weighted by atomic mass is 10.1. The van der Waals surface area contributed by atoms with Crippen LogP contribution in [-0.4, -0.2) is 45.5 Å². The summed E-state index contributed by atoms with van der Waals surface area (Å²) in [5.74, 6) is 1.56. The van der Waals surface area contributed by atoms with E-state index in [2.05, 4.69) is 25.3 Å². The molecule has 3 heterocycles. The molecule has 3 rings (SSSR count). The highest BCUT2D eigenvalue weighted by molar-refractivity contribution is 7.88. The summed E-state index contributed by atoms with van der Waals surface area (Å²) >= 11 is 0. The Morgan fingerprint density at radius 1 is 1.26 bits per heavy atom. The van der Waals surface area contributed by atoms with E-state index in [1.807, 2.05) is 0 Å². The Labute approximate surface area is 135 Å². The lowest BCUT2D eigenvalue weighted by Gasteiger charge is -2.22. The summed E-state index contributed by atoms with van der Waals surface area (Å²) < 4.78 is 25.3. The standard InChI is InChI=1S/C14H18N6O2S/c1-10-17-11(12-5-3-8-20(12)23(2,21)22)9-13(18-10)19-14-15-6-4-7-16-14/h4,6-7,9,12H,3,5,8H2,1-2H3,(H,15,16,17,18,19)/t12-/m1/s1. The van der Waals surface area contributed by atoms with Gasteiger partial charge in [-0.25, -0.2) is 28.4 Å². The molecule has 0 saturated carbocycles. The molecule has 23 heavy (non-hydrogen) atoms. The number of hydrogen-bond donors (Lipinski definition) is 1. The number of aromatic nitrogens is 4. The van der Waals surface area contributed by atoms with Gasteiger partial charge in [0.25, 0.3) is 0 Å². The Hall–Kier alpha value is -2.13. The van der Waals surface area contributed by atoms with Gasteiger partial charge in [0.15, 0.2) is 0 Å². The molecule has 2 aromatic heterocycles. The molecule has 1 N–H and O–H groups in total. The van der Waals surface area contributed by atoms with Crippen molar-refractivity contribution in [3.05, 3.63) is 36.0 Å². The van der Waals surface area contributed by atoms with E-state index >= 15 is 0 Å². The second kappa shape index (κ2) is 6.17. The molecule has 122 valence electrons. The van der Waals surface area contributed by atoms with Crippen LogP contribution >= 0.6 is 0 Å². The van der Waals surface area contributed by atoms with Crippen LogP contribution in [0.25, 0.3) is 0 Å². The van der Waals surface area contributed by atoms with Gasteiger partial charge in [-0.15, -0.1) is 0 Å². The number of rotatable bonds is 4. The van der Waals surface area contributed by atoms with Crippen molar-refractivity contribution in [3.8, 4) is 0 Å². The Bertz CT molecular complexity index is 796. The van der Waals surface area contributed by atoms with Crippen LogP contribution in [0.5, 0.6) is 0 Å². The first-order chi connectivity index (χ1) is 10.9. The minimum absolute atomic E-state index is 0.246. The number of nitrogens with one attached hydrogen (secondary N) is 1. The summed E-state index contributed by atoms with van der Waals surface area (Å²) in [6.07, 6.45) is 6.08. The third-order valence-corrected chi connectivity index (χ3v) is 4.92. The van der Waals surface area contributed by atoms with E-state index in [-0.39, 0.29) is 6.04 Å². The monoisotopic (exact) mass is 334 g/mol. The van der Waals surface area contributed by atoms with Gasteiger partial charge in [-0.2, -0.15) is 4.31 Å². The van der Waals surface area contributed by atoms with Gasteiger partial charge in [0.05, 0.1) is 18.0 Å². The zero-order chi connectivity index (χ0) is 16.4. The van der Waals surface area contributed by atoms with E-state index in [0.717, 1.165) is 12.8 Å². The first-order valence-electron chi connectivity index (χ1n) is 7.30. The van der Waals surface area contributed by atoms with Crippen molar-refractivity contribution >= 4 is 21.8 Å². The Kier molecular flexibility index (Phi) is 4.22. The fourth-order valence-electron chi connectivity index (χ4n) is 2.74. The van der Waals surface area contributed by atoms with Gasteiger partial charge >= 0.3 is 0 Å².